The number of carbonyl (C=O) groups excluding carboxylic acids is 1. The van der Waals surface area contributed by atoms with Crippen LogP contribution in [0, 0.1) is 0 Å². The molecule has 1 N–H and O–H groups in total. The molecule has 0 unspecified atom stereocenters. The smallest absolute Gasteiger partial charge is 0.262 e. The monoisotopic (exact) mass is 252 g/mol. The number of anilines is 2. The number of fused-ring (bicyclic) bond motifs is 1. The summed E-state index contributed by atoms with van der Waals surface area (Å²) in [6, 6.07) is 3.84. The summed E-state index contributed by atoms with van der Waals surface area (Å²) in [4.78, 5) is 13.5. The van der Waals surface area contributed by atoms with Crippen LogP contribution in [0.2, 0.25) is 5.02 Å². The fraction of sp³-hybridized carbons (Fsp3) is 0.417. The molecule has 1 aromatic rings. The molecule has 0 aliphatic carbocycles. The van der Waals surface area contributed by atoms with Crippen LogP contribution in [-0.2, 0) is 4.79 Å². The van der Waals surface area contributed by atoms with Gasteiger partial charge < -0.3 is 15.0 Å². The maximum absolute atomic E-state index is 11.3. The summed E-state index contributed by atoms with van der Waals surface area (Å²) in [6.07, 6.45) is 2.41. The highest BCUT2D eigenvalue weighted by atomic mass is 35.5. The fourth-order valence-corrected chi connectivity index (χ4v) is 2.57. The van der Waals surface area contributed by atoms with E-state index in [9.17, 15) is 4.79 Å². The Morgan fingerprint density at radius 2 is 2.06 bits per heavy atom. The Bertz CT molecular complexity index is 470. The predicted molar refractivity (Wildman–Crippen MR) is 67.0 cm³/mol. The summed E-state index contributed by atoms with van der Waals surface area (Å²) in [6.45, 7) is 2.13. The second-order valence-corrected chi connectivity index (χ2v) is 4.74. The van der Waals surface area contributed by atoms with Gasteiger partial charge >= 0.3 is 0 Å². The van der Waals surface area contributed by atoms with Crippen molar-refractivity contribution in [3.8, 4) is 5.75 Å². The van der Waals surface area contributed by atoms with Crippen LogP contribution in [0.15, 0.2) is 12.1 Å². The molecule has 1 saturated heterocycles. The molecule has 2 aliphatic heterocycles. The Labute approximate surface area is 104 Å². The fourth-order valence-electron chi connectivity index (χ4n) is 2.30. The number of nitrogens with zero attached hydrogens (tertiary/aromatic N) is 1. The molecule has 0 radical (unpaired) electrons. The van der Waals surface area contributed by atoms with E-state index in [1.54, 1.807) is 0 Å². The average molecular weight is 253 g/mol. The molecule has 17 heavy (non-hydrogen) atoms. The highest BCUT2D eigenvalue weighted by molar-refractivity contribution is 6.33. The van der Waals surface area contributed by atoms with Gasteiger partial charge in [-0.05, 0) is 25.0 Å². The topological polar surface area (TPSA) is 41.6 Å². The second kappa shape index (κ2) is 4.11. The van der Waals surface area contributed by atoms with Gasteiger partial charge in [0.15, 0.2) is 12.4 Å². The van der Waals surface area contributed by atoms with E-state index in [2.05, 4.69) is 10.2 Å². The first-order valence-corrected chi connectivity index (χ1v) is 6.13. The predicted octanol–water partition coefficient (Wildman–Crippen LogP) is 2.27. The Morgan fingerprint density at radius 3 is 2.82 bits per heavy atom. The van der Waals surface area contributed by atoms with Crippen molar-refractivity contribution in [1.29, 1.82) is 0 Å². The van der Waals surface area contributed by atoms with E-state index in [1.165, 1.54) is 12.8 Å². The summed E-state index contributed by atoms with van der Waals surface area (Å²) in [5.74, 6) is 0.446. The highest BCUT2D eigenvalue weighted by Gasteiger charge is 2.22. The molecular formula is C12H13ClN2O2. The lowest BCUT2D eigenvalue weighted by Gasteiger charge is -2.23. The lowest BCUT2D eigenvalue weighted by atomic mass is 10.2. The molecule has 1 amide bonds. The summed E-state index contributed by atoms with van der Waals surface area (Å²) in [5, 5.41) is 3.35. The van der Waals surface area contributed by atoms with Gasteiger partial charge in [-0.15, -0.1) is 0 Å². The van der Waals surface area contributed by atoms with Crippen LogP contribution in [0.1, 0.15) is 12.8 Å². The van der Waals surface area contributed by atoms with Gasteiger partial charge in [-0.3, -0.25) is 4.79 Å². The van der Waals surface area contributed by atoms with Gasteiger partial charge in [0.05, 0.1) is 10.7 Å². The molecule has 1 aromatic carbocycles. The molecule has 0 atom stereocenters. The Morgan fingerprint density at radius 1 is 1.29 bits per heavy atom. The number of hydrogen-bond acceptors (Lipinski definition) is 3. The van der Waals surface area contributed by atoms with Gasteiger partial charge in [-0.25, -0.2) is 0 Å². The number of amides is 1. The standard InChI is InChI=1S/C12H13ClN2O2/c13-9-5-8(15-3-1-2-4-15)6-10-12(9)17-7-11(16)14-10/h5-6H,1-4,7H2,(H,14,16). The zero-order chi connectivity index (χ0) is 11.8. The van der Waals surface area contributed by atoms with E-state index in [4.69, 9.17) is 16.3 Å². The zero-order valence-corrected chi connectivity index (χ0v) is 10.1. The minimum atomic E-state index is -0.132. The maximum atomic E-state index is 11.3. The van der Waals surface area contributed by atoms with Crippen molar-refractivity contribution in [2.24, 2.45) is 0 Å². The van der Waals surface area contributed by atoms with Crippen molar-refractivity contribution >= 4 is 28.9 Å². The van der Waals surface area contributed by atoms with E-state index in [0.29, 0.717) is 16.5 Å². The summed E-state index contributed by atoms with van der Waals surface area (Å²) < 4.78 is 5.32. The molecular weight excluding hydrogens is 240 g/mol. The molecule has 0 aromatic heterocycles. The molecule has 0 saturated carbocycles. The number of benzene rings is 1. The van der Waals surface area contributed by atoms with Gasteiger partial charge in [-0.1, -0.05) is 11.6 Å². The molecule has 2 heterocycles. The lowest BCUT2D eigenvalue weighted by Crippen LogP contribution is -2.26. The molecule has 3 rings (SSSR count). The van der Waals surface area contributed by atoms with E-state index in [-0.39, 0.29) is 12.5 Å². The molecule has 0 bridgehead atoms. The third kappa shape index (κ3) is 1.93. The average Bonchev–Trinajstić information content (AvgIpc) is 2.81. The Kier molecular flexibility index (Phi) is 2.59. The number of halogens is 1. The molecule has 4 nitrogen and oxygen atoms in total. The van der Waals surface area contributed by atoms with Crippen LogP contribution in [0.5, 0.6) is 5.75 Å². The molecule has 0 spiro atoms. The molecule has 1 fully saturated rings. The first-order valence-electron chi connectivity index (χ1n) is 5.75. The molecule has 5 heteroatoms. The van der Waals surface area contributed by atoms with Gasteiger partial charge in [0.2, 0.25) is 0 Å². The third-order valence-electron chi connectivity index (χ3n) is 3.12. The highest BCUT2D eigenvalue weighted by Crippen LogP contribution is 2.39. The number of rotatable bonds is 1. The van der Waals surface area contributed by atoms with Crippen LogP contribution >= 0.6 is 11.6 Å². The van der Waals surface area contributed by atoms with Crippen LogP contribution in [0.4, 0.5) is 11.4 Å². The Balaban J connectivity index is 1.99. The Hall–Kier alpha value is -1.42. The lowest BCUT2D eigenvalue weighted by molar-refractivity contribution is -0.118. The SMILES string of the molecule is O=C1COc2c(Cl)cc(N3CCCC3)cc2N1. The quantitative estimate of drug-likeness (QED) is 0.834. The van der Waals surface area contributed by atoms with Crippen LogP contribution in [0.25, 0.3) is 0 Å². The first kappa shape index (κ1) is 10.7. The van der Waals surface area contributed by atoms with E-state index in [0.717, 1.165) is 18.8 Å². The van der Waals surface area contributed by atoms with Gasteiger partial charge in [-0.2, -0.15) is 0 Å². The summed E-state index contributed by atoms with van der Waals surface area (Å²) in [5.41, 5.74) is 1.73. The minimum Gasteiger partial charge on any atom is -0.480 e. The third-order valence-corrected chi connectivity index (χ3v) is 3.40. The number of nitrogens with one attached hydrogen (secondary N) is 1. The summed E-state index contributed by atoms with van der Waals surface area (Å²) >= 11 is 6.17. The number of carbonyl (C=O) groups is 1. The van der Waals surface area contributed by atoms with Gasteiger partial charge in [0.1, 0.15) is 0 Å². The van der Waals surface area contributed by atoms with Gasteiger partial charge in [0, 0.05) is 18.8 Å². The van der Waals surface area contributed by atoms with E-state index < -0.39 is 0 Å². The first-order chi connectivity index (χ1) is 8.24. The minimum absolute atomic E-state index is 0.0375. The maximum Gasteiger partial charge on any atom is 0.262 e. The zero-order valence-electron chi connectivity index (χ0n) is 9.33. The number of ether oxygens (including phenoxy) is 1. The molecule has 2 aliphatic rings. The largest absolute Gasteiger partial charge is 0.480 e. The van der Waals surface area contributed by atoms with Crippen molar-refractivity contribution in [3.05, 3.63) is 17.2 Å². The normalized spacial score (nSPS) is 18.6. The van der Waals surface area contributed by atoms with Crippen molar-refractivity contribution in [3.63, 3.8) is 0 Å². The number of hydrogen-bond donors (Lipinski definition) is 1. The van der Waals surface area contributed by atoms with E-state index in [1.807, 2.05) is 12.1 Å². The van der Waals surface area contributed by atoms with Crippen molar-refractivity contribution in [2.45, 2.75) is 12.8 Å². The molecule has 90 valence electrons. The van der Waals surface area contributed by atoms with Crippen molar-refractivity contribution in [2.75, 3.05) is 29.9 Å². The van der Waals surface area contributed by atoms with Gasteiger partial charge in [0.25, 0.3) is 5.91 Å². The van der Waals surface area contributed by atoms with Crippen LogP contribution < -0.4 is 15.0 Å². The van der Waals surface area contributed by atoms with Crippen LogP contribution in [-0.4, -0.2) is 25.6 Å². The van der Waals surface area contributed by atoms with Crippen LogP contribution in [0.3, 0.4) is 0 Å². The van der Waals surface area contributed by atoms with Crippen molar-refractivity contribution < 1.29 is 9.53 Å². The van der Waals surface area contributed by atoms with E-state index >= 15 is 0 Å². The van der Waals surface area contributed by atoms with Crippen molar-refractivity contribution in [1.82, 2.24) is 0 Å². The summed E-state index contributed by atoms with van der Waals surface area (Å²) in [7, 11) is 0. The second-order valence-electron chi connectivity index (χ2n) is 4.34.